The Morgan fingerprint density at radius 3 is 2.67 bits per heavy atom. The number of hydrogen-bond donors (Lipinski definition) is 2. The van der Waals surface area contributed by atoms with Crippen LogP contribution < -0.4 is 11.1 Å². The second-order valence-electron chi connectivity index (χ2n) is 3.77. The quantitative estimate of drug-likeness (QED) is 0.866. The van der Waals surface area contributed by atoms with Crippen molar-refractivity contribution in [3.05, 3.63) is 17.0 Å². The first-order chi connectivity index (χ1) is 6.95. The summed E-state index contributed by atoms with van der Waals surface area (Å²) in [6.07, 6.45) is 3.00. The number of carbonyl (C=O) groups excluding carboxylic acids is 1. The molecule has 0 unspecified atom stereocenters. The van der Waals surface area contributed by atoms with Gasteiger partial charge in [0, 0.05) is 6.54 Å². The predicted molar refractivity (Wildman–Crippen MR) is 61.2 cm³/mol. The smallest absolute Gasteiger partial charge is 0.232 e. The van der Waals surface area contributed by atoms with E-state index in [1.54, 1.807) is 13.8 Å². The van der Waals surface area contributed by atoms with Gasteiger partial charge in [-0.15, -0.1) is 0 Å². The third-order valence-electron chi connectivity index (χ3n) is 1.99. The molecule has 1 amide bonds. The number of nitrogens with two attached hydrogens (primary N) is 1. The molecule has 6 heteroatoms. The molecule has 0 aliphatic rings. The average molecular weight is 273 g/mol. The van der Waals surface area contributed by atoms with Crippen molar-refractivity contribution in [2.75, 3.05) is 11.9 Å². The summed E-state index contributed by atoms with van der Waals surface area (Å²) in [6.45, 7) is 3.83. The van der Waals surface area contributed by atoms with Gasteiger partial charge in [0.2, 0.25) is 5.91 Å². The van der Waals surface area contributed by atoms with Gasteiger partial charge < -0.3 is 11.1 Å². The van der Waals surface area contributed by atoms with Crippen LogP contribution in [-0.2, 0) is 4.79 Å². The van der Waals surface area contributed by atoms with Gasteiger partial charge in [-0.25, -0.2) is 9.97 Å². The highest BCUT2D eigenvalue weighted by molar-refractivity contribution is 9.10. The van der Waals surface area contributed by atoms with Crippen LogP contribution in [-0.4, -0.2) is 22.4 Å². The Kier molecular flexibility index (Phi) is 3.76. The second kappa shape index (κ2) is 4.67. The molecule has 0 aliphatic heterocycles. The summed E-state index contributed by atoms with van der Waals surface area (Å²) in [6, 6.07) is 0. The van der Waals surface area contributed by atoms with Crippen LogP contribution in [0, 0.1) is 5.41 Å². The number of carbonyl (C=O) groups is 1. The summed E-state index contributed by atoms with van der Waals surface area (Å²) in [5.41, 5.74) is 4.88. The normalized spacial score (nSPS) is 11.2. The molecular weight excluding hydrogens is 260 g/mol. The molecule has 0 atom stereocenters. The highest BCUT2D eigenvalue weighted by Gasteiger charge is 2.25. The monoisotopic (exact) mass is 272 g/mol. The number of amides is 1. The van der Waals surface area contributed by atoms with Crippen LogP contribution in [0.4, 0.5) is 5.82 Å². The van der Waals surface area contributed by atoms with E-state index in [4.69, 9.17) is 5.73 Å². The maximum absolute atomic E-state index is 11.7. The maximum Gasteiger partial charge on any atom is 0.232 e. The molecule has 1 rings (SSSR count). The molecule has 1 aromatic heterocycles. The Morgan fingerprint density at radius 2 is 2.20 bits per heavy atom. The number of rotatable bonds is 3. The molecule has 0 saturated heterocycles. The van der Waals surface area contributed by atoms with Gasteiger partial charge in [-0.1, -0.05) is 0 Å². The SMILES string of the molecule is CC(C)(CN)C(=O)Nc1cnc(Br)cn1. The Labute approximate surface area is 96.6 Å². The first-order valence-corrected chi connectivity index (χ1v) is 5.24. The van der Waals surface area contributed by atoms with E-state index >= 15 is 0 Å². The number of halogens is 1. The topological polar surface area (TPSA) is 80.9 Å². The molecule has 5 nitrogen and oxygen atoms in total. The van der Waals surface area contributed by atoms with Crippen LogP contribution in [0.2, 0.25) is 0 Å². The summed E-state index contributed by atoms with van der Waals surface area (Å²) in [5, 5.41) is 2.65. The van der Waals surface area contributed by atoms with E-state index in [9.17, 15) is 4.79 Å². The summed E-state index contributed by atoms with van der Waals surface area (Å²) in [7, 11) is 0. The van der Waals surface area contributed by atoms with E-state index in [0.29, 0.717) is 10.4 Å². The Balaban J connectivity index is 2.71. The minimum atomic E-state index is -0.602. The van der Waals surface area contributed by atoms with E-state index in [1.807, 2.05) is 0 Å². The molecule has 0 aromatic carbocycles. The van der Waals surface area contributed by atoms with Gasteiger partial charge in [0.1, 0.15) is 4.60 Å². The highest BCUT2D eigenvalue weighted by Crippen LogP contribution is 2.15. The first kappa shape index (κ1) is 12.1. The van der Waals surface area contributed by atoms with Crippen molar-refractivity contribution in [2.45, 2.75) is 13.8 Å². The summed E-state index contributed by atoms with van der Waals surface area (Å²) in [4.78, 5) is 19.6. The van der Waals surface area contributed by atoms with Gasteiger partial charge in [-0.3, -0.25) is 4.79 Å². The zero-order valence-electron chi connectivity index (χ0n) is 8.62. The van der Waals surface area contributed by atoms with Crippen molar-refractivity contribution >= 4 is 27.7 Å². The lowest BCUT2D eigenvalue weighted by atomic mass is 9.93. The zero-order valence-corrected chi connectivity index (χ0v) is 10.2. The van der Waals surface area contributed by atoms with Crippen LogP contribution in [0.3, 0.4) is 0 Å². The van der Waals surface area contributed by atoms with Crippen molar-refractivity contribution in [1.82, 2.24) is 9.97 Å². The maximum atomic E-state index is 11.7. The van der Waals surface area contributed by atoms with Crippen LogP contribution in [0.1, 0.15) is 13.8 Å². The third kappa shape index (κ3) is 3.24. The molecule has 3 N–H and O–H groups in total. The van der Waals surface area contributed by atoms with Crippen molar-refractivity contribution in [2.24, 2.45) is 11.1 Å². The highest BCUT2D eigenvalue weighted by atomic mass is 79.9. The lowest BCUT2D eigenvalue weighted by Crippen LogP contribution is -2.37. The van der Waals surface area contributed by atoms with Crippen LogP contribution >= 0.6 is 15.9 Å². The Morgan fingerprint density at radius 1 is 1.53 bits per heavy atom. The van der Waals surface area contributed by atoms with Crippen LogP contribution in [0.25, 0.3) is 0 Å². The molecule has 0 fully saturated rings. The van der Waals surface area contributed by atoms with E-state index in [0.717, 1.165) is 0 Å². The van der Waals surface area contributed by atoms with E-state index in [1.165, 1.54) is 12.4 Å². The number of anilines is 1. The average Bonchev–Trinajstić information content (AvgIpc) is 2.21. The molecule has 82 valence electrons. The molecule has 1 heterocycles. The summed E-state index contributed by atoms with van der Waals surface area (Å²) < 4.78 is 0.624. The van der Waals surface area contributed by atoms with Gasteiger partial charge in [0.15, 0.2) is 5.82 Å². The van der Waals surface area contributed by atoms with Gasteiger partial charge in [-0.05, 0) is 29.8 Å². The molecule has 0 radical (unpaired) electrons. The van der Waals surface area contributed by atoms with E-state index < -0.39 is 5.41 Å². The van der Waals surface area contributed by atoms with Crippen molar-refractivity contribution < 1.29 is 4.79 Å². The molecule has 0 aliphatic carbocycles. The number of hydrogen-bond acceptors (Lipinski definition) is 4. The predicted octanol–water partition coefficient (Wildman–Crippen LogP) is 1.16. The standard InChI is InChI=1S/C9H13BrN4O/c1-9(2,5-11)8(15)14-7-4-12-6(10)3-13-7/h3-4H,5,11H2,1-2H3,(H,13,14,15). The lowest BCUT2D eigenvalue weighted by molar-refractivity contribution is -0.123. The third-order valence-corrected chi connectivity index (χ3v) is 2.40. The van der Waals surface area contributed by atoms with Gasteiger partial charge in [-0.2, -0.15) is 0 Å². The number of aromatic nitrogens is 2. The van der Waals surface area contributed by atoms with Crippen molar-refractivity contribution in [3.63, 3.8) is 0 Å². The first-order valence-electron chi connectivity index (χ1n) is 4.45. The van der Waals surface area contributed by atoms with Crippen LogP contribution in [0.5, 0.6) is 0 Å². The van der Waals surface area contributed by atoms with Gasteiger partial charge in [0.05, 0.1) is 17.8 Å². The van der Waals surface area contributed by atoms with Crippen molar-refractivity contribution in [1.29, 1.82) is 0 Å². The largest absolute Gasteiger partial charge is 0.329 e. The van der Waals surface area contributed by atoms with Crippen molar-refractivity contribution in [3.8, 4) is 0 Å². The lowest BCUT2D eigenvalue weighted by Gasteiger charge is -2.20. The number of nitrogens with one attached hydrogen (secondary N) is 1. The molecule has 0 spiro atoms. The molecule has 0 saturated carbocycles. The molecule has 15 heavy (non-hydrogen) atoms. The van der Waals surface area contributed by atoms with E-state index in [2.05, 4.69) is 31.2 Å². The fourth-order valence-electron chi connectivity index (χ4n) is 0.755. The van der Waals surface area contributed by atoms with Gasteiger partial charge >= 0.3 is 0 Å². The van der Waals surface area contributed by atoms with Crippen LogP contribution in [0.15, 0.2) is 17.0 Å². The molecular formula is C9H13BrN4O. The number of nitrogens with zero attached hydrogens (tertiary/aromatic N) is 2. The summed E-state index contributed by atoms with van der Waals surface area (Å²) >= 11 is 3.16. The minimum absolute atomic E-state index is 0.165. The Bertz CT molecular complexity index is 350. The van der Waals surface area contributed by atoms with Gasteiger partial charge in [0.25, 0.3) is 0 Å². The van der Waals surface area contributed by atoms with E-state index in [-0.39, 0.29) is 12.5 Å². The minimum Gasteiger partial charge on any atom is -0.329 e. The fourth-order valence-corrected chi connectivity index (χ4v) is 0.960. The Hall–Kier alpha value is -1.01. The fraction of sp³-hybridized carbons (Fsp3) is 0.444. The second-order valence-corrected chi connectivity index (χ2v) is 4.58. The molecule has 0 bridgehead atoms. The zero-order chi connectivity index (χ0) is 11.5. The summed E-state index contributed by atoms with van der Waals surface area (Å²) in [5.74, 6) is 0.256. The molecule has 1 aromatic rings.